The Morgan fingerprint density at radius 3 is 2.56 bits per heavy atom. The summed E-state index contributed by atoms with van der Waals surface area (Å²) in [6.07, 6.45) is 5.93. The largest absolute Gasteiger partial charge is 0.314 e. The monoisotopic (exact) mass is 221 g/mol. The highest BCUT2D eigenvalue weighted by Crippen LogP contribution is 2.24. The van der Waals surface area contributed by atoms with Gasteiger partial charge in [-0.15, -0.1) is 0 Å². The second kappa shape index (κ2) is 5.65. The molecule has 0 radical (unpaired) electrons. The van der Waals surface area contributed by atoms with Gasteiger partial charge in [0, 0.05) is 18.5 Å². The highest BCUT2D eigenvalue weighted by atomic mass is 15.1. The van der Waals surface area contributed by atoms with Crippen LogP contribution >= 0.6 is 0 Å². The van der Waals surface area contributed by atoms with Crippen molar-refractivity contribution in [2.75, 3.05) is 26.7 Å². The maximum absolute atomic E-state index is 8.83. The Labute approximate surface area is 98.8 Å². The van der Waals surface area contributed by atoms with Crippen molar-refractivity contribution in [3.8, 4) is 6.07 Å². The van der Waals surface area contributed by atoms with Gasteiger partial charge in [-0.25, -0.2) is 0 Å². The first-order chi connectivity index (χ1) is 7.78. The molecule has 1 saturated carbocycles. The Hall–Kier alpha value is -0.590. The lowest BCUT2D eigenvalue weighted by molar-refractivity contribution is 0.312. The minimum atomic E-state index is 0.329. The van der Waals surface area contributed by atoms with Crippen molar-refractivity contribution >= 4 is 0 Å². The molecular formula is C13H23N3. The minimum Gasteiger partial charge on any atom is -0.314 e. The van der Waals surface area contributed by atoms with Crippen LogP contribution in [-0.4, -0.2) is 37.6 Å². The molecule has 2 aliphatic rings. The van der Waals surface area contributed by atoms with E-state index in [2.05, 4.69) is 23.3 Å². The van der Waals surface area contributed by atoms with Crippen LogP contribution in [0.5, 0.6) is 0 Å². The number of likely N-dealkylation sites (tertiary alicyclic amines) is 1. The molecule has 16 heavy (non-hydrogen) atoms. The Balaban J connectivity index is 1.62. The Kier molecular flexibility index (Phi) is 4.20. The molecule has 3 heteroatoms. The normalized spacial score (nSPS) is 36.1. The SMILES string of the molecule is CN1CCC(CNC2CCC(C#N)CC2)C1. The first-order valence-corrected chi connectivity index (χ1v) is 6.59. The van der Waals surface area contributed by atoms with Crippen LogP contribution in [0.15, 0.2) is 0 Å². The molecule has 1 saturated heterocycles. The fourth-order valence-corrected chi connectivity index (χ4v) is 2.95. The number of hydrogen-bond acceptors (Lipinski definition) is 3. The summed E-state index contributed by atoms with van der Waals surface area (Å²) >= 11 is 0. The van der Waals surface area contributed by atoms with Gasteiger partial charge in [0.1, 0.15) is 0 Å². The van der Waals surface area contributed by atoms with Gasteiger partial charge in [-0.1, -0.05) is 0 Å². The van der Waals surface area contributed by atoms with Gasteiger partial charge in [0.05, 0.1) is 6.07 Å². The van der Waals surface area contributed by atoms with Gasteiger partial charge < -0.3 is 10.2 Å². The maximum Gasteiger partial charge on any atom is 0.0655 e. The summed E-state index contributed by atoms with van der Waals surface area (Å²) in [5.41, 5.74) is 0. The van der Waals surface area contributed by atoms with Crippen LogP contribution < -0.4 is 5.32 Å². The summed E-state index contributed by atoms with van der Waals surface area (Å²) in [5.74, 6) is 1.18. The summed E-state index contributed by atoms with van der Waals surface area (Å²) in [6.45, 7) is 3.68. The van der Waals surface area contributed by atoms with E-state index in [1.165, 1.54) is 38.9 Å². The summed E-state index contributed by atoms with van der Waals surface area (Å²) in [7, 11) is 2.21. The number of nitrogens with zero attached hydrogens (tertiary/aromatic N) is 2. The van der Waals surface area contributed by atoms with Gasteiger partial charge in [-0.2, -0.15) is 5.26 Å². The predicted molar refractivity (Wildman–Crippen MR) is 65.0 cm³/mol. The molecule has 0 amide bonds. The third kappa shape index (κ3) is 3.20. The average molecular weight is 221 g/mol. The lowest BCUT2D eigenvalue weighted by Gasteiger charge is -2.26. The van der Waals surface area contributed by atoms with E-state index in [-0.39, 0.29) is 0 Å². The fourth-order valence-electron chi connectivity index (χ4n) is 2.95. The molecule has 1 heterocycles. The van der Waals surface area contributed by atoms with E-state index in [9.17, 15) is 0 Å². The lowest BCUT2D eigenvalue weighted by atomic mass is 9.87. The number of rotatable bonds is 3. The smallest absolute Gasteiger partial charge is 0.0655 e. The van der Waals surface area contributed by atoms with Crippen molar-refractivity contribution in [1.82, 2.24) is 10.2 Å². The molecule has 1 aliphatic carbocycles. The molecule has 90 valence electrons. The van der Waals surface area contributed by atoms with Crippen molar-refractivity contribution in [2.24, 2.45) is 11.8 Å². The molecular weight excluding hydrogens is 198 g/mol. The van der Waals surface area contributed by atoms with E-state index in [4.69, 9.17) is 5.26 Å². The van der Waals surface area contributed by atoms with E-state index in [0.717, 1.165) is 18.8 Å². The predicted octanol–water partition coefficient (Wildman–Crippen LogP) is 1.61. The van der Waals surface area contributed by atoms with Gasteiger partial charge in [-0.05, 0) is 58.2 Å². The van der Waals surface area contributed by atoms with Crippen LogP contribution in [0, 0.1) is 23.2 Å². The van der Waals surface area contributed by atoms with Crippen LogP contribution in [0.1, 0.15) is 32.1 Å². The molecule has 0 aromatic carbocycles. The number of nitrogens with one attached hydrogen (secondary N) is 1. The minimum absolute atomic E-state index is 0.329. The quantitative estimate of drug-likeness (QED) is 0.787. The van der Waals surface area contributed by atoms with Crippen molar-refractivity contribution in [2.45, 2.75) is 38.1 Å². The third-order valence-corrected chi connectivity index (χ3v) is 4.09. The van der Waals surface area contributed by atoms with Gasteiger partial charge in [0.2, 0.25) is 0 Å². The third-order valence-electron chi connectivity index (χ3n) is 4.09. The second-order valence-electron chi connectivity index (χ2n) is 5.50. The molecule has 0 spiro atoms. The Morgan fingerprint density at radius 1 is 1.25 bits per heavy atom. The standard InChI is InChI=1S/C13H23N3/c1-16-7-6-12(10-16)9-15-13-4-2-11(8-14)3-5-13/h11-13,15H,2-7,9-10H2,1H3. The molecule has 2 rings (SSSR count). The topological polar surface area (TPSA) is 39.1 Å². The zero-order valence-electron chi connectivity index (χ0n) is 10.3. The molecule has 0 aromatic rings. The van der Waals surface area contributed by atoms with Crippen LogP contribution in [0.25, 0.3) is 0 Å². The van der Waals surface area contributed by atoms with Gasteiger partial charge >= 0.3 is 0 Å². The molecule has 1 atom stereocenters. The first kappa shape index (κ1) is 11.9. The number of hydrogen-bond donors (Lipinski definition) is 1. The zero-order valence-corrected chi connectivity index (χ0v) is 10.3. The Bertz CT molecular complexity index is 250. The van der Waals surface area contributed by atoms with E-state index < -0.39 is 0 Å². The lowest BCUT2D eigenvalue weighted by Crippen LogP contribution is -2.36. The molecule has 3 nitrogen and oxygen atoms in total. The molecule has 1 unspecified atom stereocenters. The fraction of sp³-hybridized carbons (Fsp3) is 0.923. The van der Waals surface area contributed by atoms with E-state index >= 15 is 0 Å². The maximum atomic E-state index is 8.83. The van der Waals surface area contributed by atoms with Gasteiger partial charge in [-0.3, -0.25) is 0 Å². The second-order valence-corrected chi connectivity index (χ2v) is 5.50. The van der Waals surface area contributed by atoms with E-state index in [1.807, 2.05) is 0 Å². The van der Waals surface area contributed by atoms with Gasteiger partial charge in [0.25, 0.3) is 0 Å². The molecule has 2 fully saturated rings. The zero-order chi connectivity index (χ0) is 11.4. The number of nitriles is 1. The summed E-state index contributed by atoms with van der Waals surface area (Å²) in [6, 6.07) is 3.07. The first-order valence-electron chi connectivity index (χ1n) is 6.59. The van der Waals surface area contributed by atoms with Crippen molar-refractivity contribution in [3.63, 3.8) is 0 Å². The van der Waals surface area contributed by atoms with Crippen LogP contribution in [0.4, 0.5) is 0 Å². The molecule has 0 aromatic heterocycles. The van der Waals surface area contributed by atoms with Crippen molar-refractivity contribution in [1.29, 1.82) is 5.26 Å². The average Bonchev–Trinajstić information content (AvgIpc) is 2.73. The summed E-state index contributed by atoms with van der Waals surface area (Å²) in [5, 5.41) is 12.5. The summed E-state index contributed by atoms with van der Waals surface area (Å²) in [4.78, 5) is 2.42. The molecule has 0 bridgehead atoms. The highest BCUT2D eigenvalue weighted by Gasteiger charge is 2.23. The van der Waals surface area contributed by atoms with Crippen LogP contribution in [0.3, 0.4) is 0 Å². The summed E-state index contributed by atoms with van der Waals surface area (Å²) < 4.78 is 0. The molecule has 1 N–H and O–H groups in total. The van der Waals surface area contributed by atoms with E-state index in [0.29, 0.717) is 12.0 Å². The van der Waals surface area contributed by atoms with Crippen molar-refractivity contribution < 1.29 is 0 Å². The van der Waals surface area contributed by atoms with E-state index in [1.54, 1.807) is 0 Å². The van der Waals surface area contributed by atoms with Crippen LogP contribution in [-0.2, 0) is 0 Å². The van der Waals surface area contributed by atoms with Crippen molar-refractivity contribution in [3.05, 3.63) is 0 Å². The highest BCUT2D eigenvalue weighted by molar-refractivity contribution is 4.89. The Morgan fingerprint density at radius 2 is 2.00 bits per heavy atom. The molecule has 1 aliphatic heterocycles. The van der Waals surface area contributed by atoms with Crippen LogP contribution in [0.2, 0.25) is 0 Å². The van der Waals surface area contributed by atoms with Gasteiger partial charge in [0.15, 0.2) is 0 Å².